The molecule has 1 aromatic heterocycles. The highest BCUT2D eigenvalue weighted by Crippen LogP contribution is 2.38. The number of anilines is 2. The van der Waals surface area contributed by atoms with Crippen LogP contribution in [0.4, 0.5) is 33.7 Å². The van der Waals surface area contributed by atoms with Crippen molar-refractivity contribution >= 4 is 28.3 Å². The number of ether oxygens (including phenoxy) is 4. The number of benzene rings is 3. The van der Waals surface area contributed by atoms with E-state index in [0.29, 0.717) is 34.8 Å². The molecule has 0 spiro atoms. The molecule has 48 heavy (non-hydrogen) atoms. The van der Waals surface area contributed by atoms with Crippen LogP contribution in [0.25, 0.3) is 10.9 Å². The number of alkyl halides is 3. The summed E-state index contributed by atoms with van der Waals surface area (Å²) >= 11 is 0. The lowest BCUT2D eigenvalue weighted by Crippen LogP contribution is -2.37. The minimum Gasteiger partial charge on any atom is -0.493 e. The second-order valence-corrected chi connectivity index (χ2v) is 11.1. The van der Waals surface area contributed by atoms with Crippen LogP contribution in [0.5, 0.6) is 23.0 Å². The fourth-order valence-corrected chi connectivity index (χ4v) is 5.34. The predicted molar refractivity (Wildman–Crippen MR) is 171 cm³/mol. The molecule has 2 aliphatic heterocycles. The number of fused-ring (bicyclic) bond motifs is 1. The molecule has 1 N–H and O–H groups in total. The molecule has 0 saturated carbocycles. The number of nitrogens with one attached hydrogen (secondary N) is 1. The minimum atomic E-state index is -4.49. The van der Waals surface area contributed by atoms with Crippen LogP contribution in [0.15, 0.2) is 79.3 Å². The highest BCUT2D eigenvalue weighted by molar-refractivity contribution is 5.91. The van der Waals surface area contributed by atoms with E-state index in [1.54, 1.807) is 24.4 Å². The molecule has 14 heteroatoms. The van der Waals surface area contributed by atoms with Crippen LogP contribution in [0.2, 0.25) is 0 Å². The summed E-state index contributed by atoms with van der Waals surface area (Å²) in [6, 6.07) is 13.3. The van der Waals surface area contributed by atoms with Gasteiger partial charge in [-0.05, 0) is 48.9 Å². The van der Waals surface area contributed by atoms with Crippen molar-refractivity contribution in [3.8, 4) is 23.0 Å². The quantitative estimate of drug-likeness (QED) is 0.142. The molecule has 4 aromatic rings. The molecule has 0 atom stereocenters. The van der Waals surface area contributed by atoms with E-state index >= 15 is 4.39 Å². The van der Waals surface area contributed by atoms with Gasteiger partial charge in [0.05, 0.1) is 38.0 Å². The first-order chi connectivity index (χ1) is 23.2. The van der Waals surface area contributed by atoms with Gasteiger partial charge in [-0.3, -0.25) is 14.8 Å². The number of aromatic nitrogens is 1. The van der Waals surface area contributed by atoms with E-state index < -0.39 is 23.6 Å². The first kappa shape index (κ1) is 32.8. The minimum absolute atomic E-state index is 0.0312. The highest BCUT2D eigenvalue weighted by atomic mass is 19.4. The Morgan fingerprint density at radius 3 is 2.58 bits per heavy atom. The maximum absolute atomic E-state index is 15.2. The molecule has 6 rings (SSSR count). The van der Waals surface area contributed by atoms with E-state index in [1.807, 2.05) is 0 Å². The van der Waals surface area contributed by atoms with Crippen molar-refractivity contribution in [1.82, 2.24) is 14.8 Å². The van der Waals surface area contributed by atoms with Crippen LogP contribution in [-0.4, -0.2) is 74.0 Å². The smallest absolute Gasteiger partial charge is 0.416 e. The summed E-state index contributed by atoms with van der Waals surface area (Å²) in [6.45, 7) is 4.67. The van der Waals surface area contributed by atoms with Crippen LogP contribution in [0.1, 0.15) is 12.0 Å². The Morgan fingerprint density at radius 2 is 1.81 bits per heavy atom. The molecule has 2 amide bonds. The Hall–Kier alpha value is -5.08. The molecular weight excluding hydrogens is 634 g/mol. The first-order valence-corrected chi connectivity index (χ1v) is 15.2. The Balaban J connectivity index is 1.08. The predicted octanol–water partition coefficient (Wildman–Crippen LogP) is 7.08. The molecule has 0 bridgehead atoms. The lowest BCUT2D eigenvalue weighted by atomic mass is 10.1. The molecule has 3 aromatic carbocycles. The zero-order chi connectivity index (χ0) is 33.7. The number of nitrogens with zero attached hydrogens (tertiary/aromatic N) is 4. The molecule has 0 unspecified atom stereocenters. The topological polar surface area (TPSA) is 88.6 Å². The average Bonchev–Trinajstić information content (AvgIpc) is 3.59. The van der Waals surface area contributed by atoms with E-state index in [-0.39, 0.29) is 23.8 Å². The summed E-state index contributed by atoms with van der Waals surface area (Å²) < 4.78 is 77.5. The second-order valence-electron chi connectivity index (χ2n) is 11.1. The van der Waals surface area contributed by atoms with Crippen molar-refractivity contribution < 1.29 is 41.3 Å². The number of pyridine rings is 1. The summed E-state index contributed by atoms with van der Waals surface area (Å²) in [5.41, 5.74) is 0.205. The van der Waals surface area contributed by atoms with Gasteiger partial charge in [0.2, 0.25) is 0 Å². The number of amides is 2. The number of carbonyl (C=O) groups is 1. The molecule has 3 heterocycles. The largest absolute Gasteiger partial charge is 0.493 e. The number of urea groups is 1. The third kappa shape index (κ3) is 7.72. The van der Waals surface area contributed by atoms with Crippen molar-refractivity contribution in [2.45, 2.75) is 12.6 Å². The van der Waals surface area contributed by atoms with Gasteiger partial charge in [-0.1, -0.05) is 6.07 Å². The number of rotatable bonds is 10. The van der Waals surface area contributed by atoms with Crippen molar-refractivity contribution in [1.29, 1.82) is 0 Å². The summed E-state index contributed by atoms with van der Waals surface area (Å²) in [6.07, 6.45) is 0.803. The highest BCUT2D eigenvalue weighted by Gasteiger charge is 2.31. The van der Waals surface area contributed by atoms with Gasteiger partial charge in [-0.2, -0.15) is 13.2 Å². The molecular formula is C34H33F4N5O5. The standard InChI is InChI=1S/C34H33F4N5O5/c1-45-31-20-26-28(21-32(31)47-15-3-10-41-13-16-46-17-14-41)39-9-8-29(26)48-30-7-6-24(19-27(30)35)40-33(44)43-12-11-42(22-43)25-5-2-4-23(18-25)34(36,37)38/h2,4-9,11-12,18-21H,3,10,13-17,22H2,1H3,(H,40,44). The van der Waals surface area contributed by atoms with Crippen LogP contribution < -0.4 is 24.4 Å². The number of hydrogen-bond acceptors (Lipinski definition) is 8. The Morgan fingerprint density at radius 1 is 0.979 bits per heavy atom. The summed E-state index contributed by atoms with van der Waals surface area (Å²) in [7, 11) is 1.53. The fraction of sp³-hybridized carbons (Fsp3) is 0.294. The third-order valence-electron chi connectivity index (χ3n) is 7.87. The third-order valence-corrected chi connectivity index (χ3v) is 7.87. The van der Waals surface area contributed by atoms with E-state index in [0.717, 1.165) is 57.5 Å². The van der Waals surface area contributed by atoms with Crippen LogP contribution in [0.3, 0.4) is 0 Å². The molecule has 0 aliphatic carbocycles. The average molecular weight is 668 g/mol. The van der Waals surface area contributed by atoms with Crippen molar-refractivity contribution in [3.05, 3.63) is 90.6 Å². The van der Waals surface area contributed by atoms with Gasteiger partial charge in [0, 0.05) is 67.1 Å². The zero-order valence-corrected chi connectivity index (χ0v) is 26.0. The Labute approximate surface area is 274 Å². The van der Waals surface area contributed by atoms with E-state index in [9.17, 15) is 18.0 Å². The molecule has 252 valence electrons. The van der Waals surface area contributed by atoms with Crippen molar-refractivity contribution in [2.75, 3.05) is 63.5 Å². The zero-order valence-electron chi connectivity index (χ0n) is 26.0. The van der Waals surface area contributed by atoms with Crippen molar-refractivity contribution in [3.63, 3.8) is 0 Å². The van der Waals surface area contributed by atoms with E-state index in [4.69, 9.17) is 18.9 Å². The lowest BCUT2D eigenvalue weighted by molar-refractivity contribution is -0.137. The molecule has 2 aliphatic rings. The summed E-state index contributed by atoms with van der Waals surface area (Å²) in [4.78, 5) is 22.4. The van der Waals surface area contributed by atoms with Crippen molar-refractivity contribution in [2.24, 2.45) is 0 Å². The Bertz CT molecular complexity index is 1800. The normalized spacial score (nSPS) is 15.2. The summed E-state index contributed by atoms with van der Waals surface area (Å²) in [5, 5.41) is 3.18. The fourth-order valence-electron chi connectivity index (χ4n) is 5.34. The maximum atomic E-state index is 15.2. The molecule has 10 nitrogen and oxygen atoms in total. The van der Waals surface area contributed by atoms with Gasteiger partial charge < -0.3 is 29.2 Å². The number of methoxy groups -OCH3 is 1. The van der Waals surface area contributed by atoms with E-state index in [1.165, 1.54) is 53.6 Å². The summed E-state index contributed by atoms with van der Waals surface area (Å²) in [5.74, 6) is 0.540. The monoisotopic (exact) mass is 667 g/mol. The van der Waals surface area contributed by atoms with Gasteiger partial charge in [-0.25, -0.2) is 9.18 Å². The SMILES string of the molecule is COc1cc2c(Oc3ccc(NC(=O)N4C=CN(c5cccc(C(F)(F)F)c5)C4)cc3F)ccnc2cc1OCCCN1CCOCC1. The number of morpholine rings is 1. The molecule has 0 radical (unpaired) electrons. The number of hydrogen-bond donors (Lipinski definition) is 1. The van der Waals surface area contributed by atoms with Gasteiger partial charge in [0.1, 0.15) is 12.4 Å². The second kappa shape index (κ2) is 14.4. The van der Waals surface area contributed by atoms with E-state index in [2.05, 4.69) is 15.2 Å². The van der Waals surface area contributed by atoms with Crippen LogP contribution in [-0.2, 0) is 10.9 Å². The van der Waals surface area contributed by atoms with Gasteiger partial charge in [0.15, 0.2) is 23.1 Å². The van der Waals surface area contributed by atoms with Gasteiger partial charge >= 0.3 is 12.2 Å². The van der Waals surface area contributed by atoms with Crippen LogP contribution in [0, 0.1) is 5.82 Å². The van der Waals surface area contributed by atoms with Gasteiger partial charge in [0.25, 0.3) is 0 Å². The first-order valence-electron chi connectivity index (χ1n) is 15.2. The van der Waals surface area contributed by atoms with Crippen LogP contribution >= 0.6 is 0 Å². The molecule has 1 saturated heterocycles. The maximum Gasteiger partial charge on any atom is 0.416 e. The lowest BCUT2D eigenvalue weighted by Gasteiger charge is -2.26. The van der Waals surface area contributed by atoms with Gasteiger partial charge in [-0.15, -0.1) is 0 Å². The molecule has 1 fully saturated rings. The Kier molecular flexibility index (Phi) is 9.82. The number of carbonyl (C=O) groups excluding carboxylic acids is 1. The number of halogens is 4.